The van der Waals surface area contributed by atoms with E-state index in [2.05, 4.69) is 11.2 Å². The Bertz CT molecular complexity index is 581. The molecule has 2 atom stereocenters. The highest BCUT2D eigenvalue weighted by Gasteiger charge is 2.36. The van der Waals surface area contributed by atoms with Gasteiger partial charge in [-0.15, -0.1) is 0 Å². The zero-order valence-electron chi connectivity index (χ0n) is 13.5. The highest BCUT2D eigenvalue weighted by molar-refractivity contribution is 14.2. The third-order valence-corrected chi connectivity index (χ3v) is 4.43. The van der Waals surface area contributed by atoms with Gasteiger partial charge in [0.15, 0.2) is 0 Å². The van der Waals surface area contributed by atoms with Gasteiger partial charge in [0, 0.05) is 27.8 Å². The molecule has 0 saturated carbocycles. The summed E-state index contributed by atoms with van der Waals surface area (Å²) in [7, 11) is 2.70. The molecular formula is C17H21IO4S. The molecule has 1 aromatic rings. The maximum Gasteiger partial charge on any atom is 0.316 e. The number of aliphatic hydroxyl groups excluding tert-OH is 1. The van der Waals surface area contributed by atoms with Crippen molar-refractivity contribution in [1.29, 1.82) is 0 Å². The van der Waals surface area contributed by atoms with Crippen molar-refractivity contribution in [2.24, 2.45) is 0 Å². The van der Waals surface area contributed by atoms with Crippen molar-refractivity contribution in [3.05, 3.63) is 35.4 Å². The number of esters is 1. The number of carbonyl (C=O) groups is 1. The molecule has 0 spiro atoms. The molecule has 0 aliphatic rings. The summed E-state index contributed by atoms with van der Waals surface area (Å²) in [6.45, 7) is 4.28. The van der Waals surface area contributed by atoms with E-state index in [9.17, 15) is 9.90 Å². The third kappa shape index (κ3) is 6.34. The van der Waals surface area contributed by atoms with Crippen molar-refractivity contribution in [1.82, 2.24) is 0 Å². The number of carbonyl (C=O) groups excluding carboxylic acids is 1. The monoisotopic (exact) mass is 448 g/mol. The molecule has 1 rings (SSSR count). The number of benzene rings is 1. The first kappa shape index (κ1) is 20.3. The van der Waals surface area contributed by atoms with Crippen molar-refractivity contribution < 1.29 is 19.4 Å². The van der Waals surface area contributed by atoms with E-state index in [-0.39, 0.29) is 12.6 Å². The Kier molecular flexibility index (Phi) is 8.99. The number of rotatable bonds is 7. The minimum atomic E-state index is -0.819. The van der Waals surface area contributed by atoms with E-state index in [1.807, 2.05) is 59.3 Å². The Morgan fingerprint density at radius 1 is 1.52 bits per heavy atom. The first-order valence-electron chi connectivity index (χ1n) is 7.13. The van der Waals surface area contributed by atoms with Gasteiger partial charge in [-0.1, -0.05) is 35.7 Å². The molecular weight excluding hydrogens is 427 g/mol. The average molecular weight is 448 g/mol. The van der Waals surface area contributed by atoms with Gasteiger partial charge in [0.05, 0.1) is 19.1 Å². The van der Waals surface area contributed by atoms with Gasteiger partial charge in [-0.25, -0.2) is 0 Å². The van der Waals surface area contributed by atoms with Gasteiger partial charge in [0.1, 0.15) is 6.10 Å². The minimum Gasteiger partial charge on any atom is -0.468 e. The fraction of sp³-hybridized carbons (Fsp3) is 0.471. The number of aliphatic hydroxyl groups is 1. The highest BCUT2D eigenvalue weighted by Crippen LogP contribution is 2.30. The second-order valence-corrected chi connectivity index (χ2v) is 7.04. The molecule has 0 heterocycles. The van der Waals surface area contributed by atoms with Crippen LogP contribution < -0.4 is 0 Å². The molecule has 23 heavy (non-hydrogen) atoms. The van der Waals surface area contributed by atoms with Crippen LogP contribution in [0.3, 0.4) is 0 Å². The van der Waals surface area contributed by atoms with Gasteiger partial charge in [0.25, 0.3) is 0 Å². The Labute approximate surface area is 153 Å². The van der Waals surface area contributed by atoms with Crippen molar-refractivity contribution >= 4 is 36.1 Å². The average Bonchev–Trinajstić information content (AvgIpc) is 2.55. The maximum absolute atomic E-state index is 12.3. The highest BCUT2D eigenvalue weighted by atomic mass is 127. The fourth-order valence-corrected chi connectivity index (χ4v) is 2.74. The summed E-state index contributed by atoms with van der Waals surface area (Å²) in [6.07, 6.45) is -0.356. The summed E-state index contributed by atoms with van der Waals surface area (Å²) in [6, 6.07) is 7.81. The van der Waals surface area contributed by atoms with E-state index < -0.39 is 11.5 Å². The molecule has 1 N–H and O–H groups in total. The van der Waals surface area contributed by atoms with Crippen LogP contribution >= 0.6 is 30.1 Å². The van der Waals surface area contributed by atoms with Crippen LogP contribution in [-0.2, 0) is 19.7 Å². The second kappa shape index (κ2) is 10.2. The lowest BCUT2D eigenvalue weighted by molar-refractivity contribution is -0.147. The zero-order chi connectivity index (χ0) is 17.3. The number of hydrogen-bond acceptors (Lipinski definition) is 5. The molecule has 0 aliphatic carbocycles. The molecule has 2 unspecified atom stereocenters. The van der Waals surface area contributed by atoms with Gasteiger partial charge < -0.3 is 14.6 Å². The number of methoxy groups -OCH3 is 1. The molecule has 1 aromatic carbocycles. The SMILES string of the molecule is COC(=O)C(C)(CCOCC(O)C#CSI)c1cccc(C)c1. The topological polar surface area (TPSA) is 55.8 Å². The Hall–Kier alpha value is -0.750. The first-order valence-corrected chi connectivity index (χ1v) is 10.5. The lowest BCUT2D eigenvalue weighted by atomic mass is 9.79. The summed E-state index contributed by atoms with van der Waals surface area (Å²) in [5.41, 5.74) is 1.20. The minimum absolute atomic E-state index is 0.120. The fourth-order valence-electron chi connectivity index (χ4n) is 2.18. The Balaban J connectivity index is 2.71. The molecule has 6 heteroatoms. The van der Waals surface area contributed by atoms with Crippen LogP contribution in [-0.4, -0.2) is 37.5 Å². The molecule has 0 fully saturated rings. The smallest absolute Gasteiger partial charge is 0.316 e. The summed E-state index contributed by atoms with van der Waals surface area (Å²) < 4.78 is 10.4. The van der Waals surface area contributed by atoms with Crippen LogP contribution in [0.4, 0.5) is 0 Å². The van der Waals surface area contributed by atoms with Crippen molar-refractivity contribution in [2.75, 3.05) is 20.3 Å². The number of hydrogen-bond donors (Lipinski definition) is 1. The molecule has 0 aliphatic heterocycles. The van der Waals surface area contributed by atoms with E-state index in [1.165, 1.54) is 16.0 Å². The van der Waals surface area contributed by atoms with Crippen LogP contribution in [0.15, 0.2) is 24.3 Å². The number of aryl methyl sites for hydroxylation is 1. The molecule has 0 aromatic heterocycles. The lowest BCUT2D eigenvalue weighted by Gasteiger charge is -2.27. The lowest BCUT2D eigenvalue weighted by Crippen LogP contribution is -2.35. The second-order valence-electron chi connectivity index (χ2n) is 5.36. The molecule has 0 radical (unpaired) electrons. The van der Waals surface area contributed by atoms with Gasteiger partial charge >= 0.3 is 5.97 Å². The van der Waals surface area contributed by atoms with Crippen LogP contribution in [0.2, 0.25) is 0 Å². The van der Waals surface area contributed by atoms with Crippen molar-refractivity contribution in [2.45, 2.75) is 31.8 Å². The number of halogens is 1. The first-order chi connectivity index (χ1) is 10.9. The standard InChI is InChI=1S/C17H21IO4S/c1-13-5-4-6-14(11-13)17(2,16(20)21-3)8-9-22-12-15(19)7-10-23-18/h4-6,11,15,19H,8-9,12H2,1-3H3. The Morgan fingerprint density at radius 3 is 2.87 bits per heavy atom. The van der Waals surface area contributed by atoms with Crippen LogP contribution in [0.25, 0.3) is 0 Å². The quantitative estimate of drug-likeness (QED) is 0.301. The normalized spacial score (nSPS) is 14.3. The Morgan fingerprint density at radius 2 is 2.26 bits per heavy atom. The van der Waals surface area contributed by atoms with E-state index in [1.54, 1.807) is 0 Å². The molecule has 0 amide bonds. The van der Waals surface area contributed by atoms with Crippen LogP contribution in [0, 0.1) is 18.1 Å². The van der Waals surface area contributed by atoms with Gasteiger partial charge in [-0.3, -0.25) is 4.79 Å². The molecule has 0 saturated heterocycles. The van der Waals surface area contributed by atoms with Crippen LogP contribution in [0.1, 0.15) is 24.5 Å². The summed E-state index contributed by atoms with van der Waals surface area (Å²) in [5, 5.41) is 12.3. The van der Waals surface area contributed by atoms with E-state index in [0.29, 0.717) is 13.0 Å². The van der Waals surface area contributed by atoms with Gasteiger partial charge in [0.2, 0.25) is 0 Å². The van der Waals surface area contributed by atoms with Crippen molar-refractivity contribution in [3.63, 3.8) is 0 Å². The van der Waals surface area contributed by atoms with E-state index >= 15 is 0 Å². The maximum atomic E-state index is 12.3. The predicted octanol–water partition coefficient (Wildman–Crippen LogP) is 3.24. The van der Waals surface area contributed by atoms with Crippen LogP contribution in [0.5, 0.6) is 0 Å². The van der Waals surface area contributed by atoms with E-state index in [4.69, 9.17) is 9.47 Å². The predicted molar refractivity (Wildman–Crippen MR) is 101 cm³/mol. The number of ether oxygens (including phenoxy) is 2. The van der Waals surface area contributed by atoms with E-state index in [0.717, 1.165) is 11.1 Å². The summed E-state index contributed by atoms with van der Waals surface area (Å²) in [4.78, 5) is 12.3. The molecule has 0 bridgehead atoms. The summed E-state index contributed by atoms with van der Waals surface area (Å²) >= 11 is 2.04. The van der Waals surface area contributed by atoms with Crippen molar-refractivity contribution in [3.8, 4) is 11.2 Å². The summed E-state index contributed by atoms with van der Waals surface area (Å²) in [5.74, 6) is 2.35. The van der Waals surface area contributed by atoms with Gasteiger partial charge in [-0.2, -0.15) is 0 Å². The van der Waals surface area contributed by atoms with Gasteiger partial charge in [-0.05, 0) is 40.0 Å². The third-order valence-electron chi connectivity index (χ3n) is 3.58. The largest absolute Gasteiger partial charge is 0.468 e. The molecule has 126 valence electrons. The zero-order valence-corrected chi connectivity index (χ0v) is 16.4. The molecule has 4 nitrogen and oxygen atoms in total.